The maximum Gasteiger partial charge on any atom is 0.417 e. The van der Waals surface area contributed by atoms with Crippen LogP contribution in [0.4, 0.5) is 32.0 Å². The van der Waals surface area contributed by atoms with E-state index in [-0.39, 0.29) is 57.8 Å². The summed E-state index contributed by atoms with van der Waals surface area (Å²) in [4.78, 5) is 17.9. The fourth-order valence-electron chi connectivity index (χ4n) is 5.01. The van der Waals surface area contributed by atoms with Crippen molar-refractivity contribution in [3.8, 4) is 11.1 Å². The highest BCUT2D eigenvalue weighted by Gasteiger charge is 2.37. The number of carbonyl (C=O) groups excluding carboxylic acids is 1. The van der Waals surface area contributed by atoms with Crippen molar-refractivity contribution in [3.05, 3.63) is 94.5 Å². The summed E-state index contributed by atoms with van der Waals surface area (Å²) in [6, 6.07) is 6.18. The van der Waals surface area contributed by atoms with Crippen LogP contribution in [0.5, 0.6) is 0 Å². The number of nitrogens with two attached hydrogens (primary N) is 1. The summed E-state index contributed by atoms with van der Waals surface area (Å²) >= 11 is 0. The second kappa shape index (κ2) is 11.1. The number of ether oxygens (including phenoxy) is 2. The summed E-state index contributed by atoms with van der Waals surface area (Å²) in [7, 11) is 2.97. The number of anilines is 1. The minimum atomic E-state index is -4.86. The van der Waals surface area contributed by atoms with E-state index in [0.29, 0.717) is 18.0 Å². The van der Waals surface area contributed by atoms with E-state index in [0.717, 1.165) is 6.07 Å². The van der Waals surface area contributed by atoms with Crippen LogP contribution in [-0.4, -0.2) is 33.5 Å². The molecule has 0 bridgehead atoms. The Hall–Kier alpha value is -4.78. The van der Waals surface area contributed by atoms with Crippen molar-refractivity contribution in [1.82, 2.24) is 14.0 Å². The molecule has 0 atom stereocenters. The normalized spacial score (nSPS) is 12.2. The molecule has 0 unspecified atom stereocenters. The number of hydrogen-bond donors (Lipinski definition) is 1. The van der Waals surface area contributed by atoms with Crippen LogP contribution in [0.2, 0.25) is 0 Å². The average molecular weight is 603 g/mol. The number of imidazole rings is 1. The second-order valence-corrected chi connectivity index (χ2v) is 9.56. The van der Waals surface area contributed by atoms with Gasteiger partial charge in [-0.15, -0.1) is 0 Å². The summed E-state index contributed by atoms with van der Waals surface area (Å²) in [6.07, 6.45) is -0.722. The number of aromatic nitrogens is 3. The maximum absolute atomic E-state index is 14.6. The second-order valence-electron chi connectivity index (χ2n) is 9.56. The van der Waals surface area contributed by atoms with Gasteiger partial charge in [-0.1, -0.05) is 6.07 Å². The number of methoxy groups -OCH3 is 1. The van der Waals surface area contributed by atoms with Crippen LogP contribution >= 0.6 is 0 Å². The number of benzene rings is 2. The Balaban J connectivity index is 1.85. The van der Waals surface area contributed by atoms with Crippen molar-refractivity contribution < 1.29 is 40.6 Å². The van der Waals surface area contributed by atoms with Gasteiger partial charge in [0.25, 0.3) is 0 Å². The Morgan fingerprint density at radius 1 is 1.12 bits per heavy atom. The fourth-order valence-corrected chi connectivity index (χ4v) is 5.01. The van der Waals surface area contributed by atoms with Crippen molar-refractivity contribution >= 4 is 34.1 Å². The maximum atomic E-state index is 14.6. The SMILES string of the molecule is CCO/C=C/c1cc(C(=O)c2cc(F)c(F)c(F)c2)n2cccc(-c3c(C(F)(F)F)cc4c(nc(COC)n4C)c3N)c12. The number of alkyl halides is 3. The van der Waals surface area contributed by atoms with E-state index >= 15 is 0 Å². The van der Waals surface area contributed by atoms with Crippen LogP contribution in [0, 0.1) is 17.5 Å². The molecule has 0 spiro atoms. The number of pyridine rings is 1. The van der Waals surface area contributed by atoms with Crippen molar-refractivity contribution in [2.75, 3.05) is 19.5 Å². The predicted octanol–water partition coefficient (Wildman–Crippen LogP) is 6.90. The summed E-state index contributed by atoms with van der Waals surface area (Å²) in [5.74, 6) is -5.44. The zero-order valence-electron chi connectivity index (χ0n) is 23.0. The molecule has 5 rings (SSSR count). The lowest BCUT2D eigenvalue weighted by Gasteiger charge is -2.18. The van der Waals surface area contributed by atoms with Crippen LogP contribution in [-0.2, 0) is 29.3 Å². The highest BCUT2D eigenvalue weighted by molar-refractivity contribution is 6.11. The van der Waals surface area contributed by atoms with Gasteiger partial charge in [-0.2, -0.15) is 13.2 Å². The van der Waals surface area contributed by atoms with Gasteiger partial charge in [0.15, 0.2) is 17.5 Å². The number of aryl methyl sites for hydroxylation is 1. The third-order valence-electron chi connectivity index (χ3n) is 6.96. The molecule has 2 N–H and O–H groups in total. The van der Waals surface area contributed by atoms with E-state index in [1.807, 2.05) is 0 Å². The summed E-state index contributed by atoms with van der Waals surface area (Å²) < 4.78 is 98.6. The van der Waals surface area contributed by atoms with Gasteiger partial charge in [-0.3, -0.25) is 4.79 Å². The quantitative estimate of drug-likeness (QED) is 0.0687. The molecular formula is C30H24F6N4O3. The number of nitrogen functional groups attached to an aromatic ring is 1. The van der Waals surface area contributed by atoms with Gasteiger partial charge in [-0.05, 0) is 43.3 Å². The molecule has 2 aromatic carbocycles. The molecule has 0 saturated carbocycles. The Morgan fingerprint density at radius 3 is 2.44 bits per heavy atom. The van der Waals surface area contributed by atoms with E-state index in [1.165, 1.54) is 52.8 Å². The molecule has 0 saturated heterocycles. The topological polar surface area (TPSA) is 83.8 Å². The van der Waals surface area contributed by atoms with Gasteiger partial charge in [0.2, 0.25) is 5.78 Å². The highest BCUT2D eigenvalue weighted by atomic mass is 19.4. The molecule has 0 amide bonds. The minimum Gasteiger partial charge on any atom is -0.501 e. The van der Waals surface area contributed by atoms with Crippen LogP contribution in [0.3, 0.4) is 0 Å². The highest BCUT2D eigenvalue weighted by Crippen LogP contribution is 2.46. The molecule has 0 radical (unpaired) electrons. The molecule has 0 aliphatic carbocycles. The fraction of sp³-hybridized carbons (Fsp3) is 0.200. The monoisotopic (exact) mass is 602 g/mol. The van der Waals surface area contributed by atoms with Gasteiger partial charge in [-0.25, -0.2) is 18.2 Å². The molecule has 13 heteroatoms. The van der Waals surface area contributed by atoms with Crippen LogP contribution in [0.1, 0.15) is 39.9 Å². The Bertz CT molecular complexity index is 1900. The average Bonchev–Trinajstić information content (AvgIpc) is 3.49. The van der Waals surface area contributed by atoms with E-state index in [2.05, 4.69) is 4.98 Å². The number of carbonyl (C=O) groups is 1. The number of halogens is 6. The molecule has 7 nitrogen and oxygen atoms in total. The smallest absolute Gasteiger partial charge is 0.417 e. The van der Waals surface area contributed by atoms with Crippen molar-refractivity contribution in [1.29, 1.82) is 0 Å². The minimum absolute atomic E-state index is 0.000153. The Labute approximate surface area is 240 Å². The first-order valence-corrected chi connectivity index (χ1v) is 12.8. The number of hydrogen-bond acceptors (Lipinski definition) is 5. The Morgan fingerprint density at radius 2 is 1.81 bits per heavy atom. The zero-order chi connectivity index (χ0) is 31.2. The molecule has 3 aromatic heterocycles. The summed E-state index contributed by atoms with van der Waals surface area (Å²) in [5, 5.41) is 0. The molecule has 5 aromatic rings. The van der Waals surface area contributed by atoms with Crippen LogP contribution in [0.25, 0.3) is 33.8 Å². The van der Waals surface area contributed by atoms with Crippen molar-refractivity contribution in [3.63, 3.8) is 0 Å². The molecule has 0 fully saturated rings. The number of rotatable bonds is 8. The molecular weight excluding hydrogens is 578 g/mol. The van der Waals surface area contributed by atoms with E-state index in [9.17, 15) is 31.1 Å². The first-order chi connectivity index (χ1) is 20.4. The van der Waals surface area contributed by atoms with Crippen molar-refractivity contribution in [2.24, 2.45) is 7.05 Å². The molecule has 43 heavy (non-hydrogen) atoms. The number of ketones is 1. The van der Waals surface area contributed by atoms with Gasteiger partial charge in [0, 0.05) is 42.6 Å². The summed E-state index contributed by atoms with van der Waals surface area (Å²) in [5.41, 5.74) is 4.70. The Kier molecular flexibility index (Phi) is 7.69. The predicted molar refractivity (Wildman–Crippen MR) is 148 cm³/mol. The van der Waals surface area contributed by atoms with Gasteiger partial charge < -0.3 is 24.2 Å². The number of fused-ring (bicyclic) bond motifs is 2. The molecule has 224 valence electrons. The molecule has 0 aliphatic heterocycles. The first-order valence-electron chi connectivity index (χ1n) is 12.8. The molecule has 3 heterocycles. The van der Waals surface area contributed by atoms with Gasteiger partial charge in [0.05, 0.1) is 40.8 Å². The van der Waals surface area contributed by atoms with Gasteiger partial charge >= 0.3 is 6.18 Å². The van der Waals surface area contributed by atoms with Gasteiger partial charge in [0.1, 0.15) is 17.9 Å². The third-order valence-corrected chi connectivity index (χ3v) is 6.96. The third kappa shape index (κ3) is 5.09. The van der Waals surface area contributed by atoms with Crippen LogP contribution in [0.15, 0.2) is 48.9 Å². The zero-order valence-corrected chi connectivity index (χ0v) is 23.0. The lowest BCUT2D eigenvalue weighted by molar-refractivity contribution is -0.137. The van der Waals surface area contributed by atoms with E-state index in [1.54, 1.807) is 14.0 Å². The lowest BCUT2D eigenvalue weighted by atomic mass is 9.95. The van der Waals surface area contributed by atoms with Crippen LogP contribution < -0.4 is 5.73 Å². The van der Waals surface area contributed by atoms with Crippen molar-refractivity contribution in [2.45, 2.75) is 19.7 Å². The van der Waals surface area contributed by atoms with E-state index < -0.39 is 40.5 Å². The first kappa shape index (κ1) is 29.7. The lowest BCUT2D eigenvalue weighted by Crippen LogP contribution is -2.11. The standard InChI is InChI=1S/C30H24F6N4O3/c1-4-43-9-7-15-12-22(29(41)16-10-19(31)25(33)20(32)11-16)40-8-5-6-17(28(15)40)24-18(30(34,35)36)13-21-27(26(24)37)38-23(14-42-3)39(21)2/h5-13H,4,14,37H2,1-3H3/b9-7+. The largest absolute Gasteiger partial charge is 0.501 e. The summed E-state index contributed by atoms with van der Waals surface area (Å²) in [6.45, 7) is 2.02. The molecule has 0 aliphatic rings. The van der Waals surface area contributed by atoms with E-state index in [4.69, 9.17) is 15.2 Å². The number of nitrogens with zero attached hydrogens (tertiary/aromatic N) is 3.